The highest BCUT2D eigenvalue weighted by Gasteiger charge is 2.15. The molecule has 18 heavy (non-hydrogen) atoms. The minimum absolute atomic E-state index is 0.260. The maximum Gasteiger partial charge on any atom is 0.322 e. The van der Waals surface area contributed by atoms with Crippen molar-refractivity contribution < 1.29 is 23.7 Å². The lowest BCUT2D eigenvalue weighted by atomic mass is 10.2. The van der Waals surface area contributed by atoms with E-state index in [1.54, 1.807) is 14.2 Å². The van der Waals surface area contributed by atoms with Crippen LogP contribution in [0.15, 0.2) is 0 Å². The van der Waals surface area contributed by atoms with E-state index in [1.165, 1.54) is 7.11 Å². The minimum atomic E-state index is -0.298. The van der Waals surface area contributed by atoms with Crippen molar-refractivity contribution in [2.75, 3.05) is 54.3 Å². The predicted octanol–water partition coefficient (Wildman–Crippen LogP) is 0.207. The molecule has 0 aliphatic rings. The Labute approximate surface area is 109 Å². The highest BCUT2D eigenvalue weighted by molar-refractivity contribution is 5.75. The summed E-state index contributed by atoms with van der Waals surface area (Å²) in [7, 11) is 4.75. The maximum absolute atomic E-state index is 11.2. The molecule has 0 rings (SSSR count). The number of esters is 1. The number of carbonyl (C=O) groups is 1. The van der Waals surface area contributed by atoms with Gasteiger partial charge in [-0.1, -0.05) is 0 Å². The van der Waals surface area contributed by atoms with Gasteiger partial charge in [-0.2, -0.15) is 0 Å². The van der Waals surface area contributed by atoms with Gasteiger partial charge in [0.25, 0.3) is 0 Å². The number of nitrogens with one attached hydrogen (secondary N) is 1. The van der Waals surface area contributed by atoms with Gasteiger partial charge in [-0.05, 0) is 19.9 Å². The van der Waals surface area contributed by atoms with E-state index in [0.717, 1.165) is 6.42 Å². The molecule has 0 radical (unpaired) electrons. The Morgan fingerprint density at radius 3 is 2.28 bits per heavy atom. The Hall–Kier alpha value is -0.690. The molecule has 0 spiro atoms. The number of rotatable bonds is 12. The molecule has 0 heterocycles. The standard InChI is InChI=1S/C12H25NO5/c1-13-11(12(14)16-3)5-8-17-6-4-7-18-10-9-15-2/h11,13H,4-10H2,1-3H3. The zero-order valence-corrected chi connectivity index (χ0v) is 11.6. The average Bonchev–Trinajstić information content (AvgIpc) is 2.40. The molecule has 1 N–H and O–H groups in total. The van der Waals surface area contributed by atoms with Crippen molar-refractivity contribution in [2.45, 2.75) is 18.9 Å². The Morgan fingerprint density at radius 1 is 1.06 bits per heavy atom. The van der Waals surface area contributed by atoms with Crippen LogP contribution in [0.1, 0.15) is 12.8 Å². The summed E-state index contributed by atoms with van der Waals surface area (Å²) in [6.45, 7) is 3.05. The van der Waals surface area contributed by atoms with Crippen molar-refractivity contribution in [3.63, 3.8) is 0 Å². The van der Waals surface area contributed by atoms with Gasteiger partial charge in [0, 0.05) is 26.9 Å². The molecule has 0 fully saturated rings. The van der Waals surface area contributed by atoms with E-state index in [2.05, 4.69) is 10.1 Å². The van der Waals surface area contributed by atoms with Crippen molar-refractivity contribution in [3.05, 3.63) is 0 Å². The van der Waals surface area contributed by atoms with E-state index < -0.39 is 0 Å². The summed E-state index contributed by atoms with van der Waals surface area (Å²) in [4.78, 5) is 11.2. The Bertz CT molecular complexity index is 201. The van der Waals surface area contributed by atoms with E-state index in [-0.39, 0.29) is 12.0 Å². The van der Waals surface area contributed by atoms with Crippen LogP contribution in [-0.2, 0) is 23.7 Å². The molecule has 0 bridgehead atoms. The number of carbonyl (C=O) groups excluding carboxylic acids is 1. The Balaban J connectivity index is 3.31. The zero-order valence-electron chi connectivity index (χ0n) is 11.6. The molecule has 0 aromatic rings. The van der Waals surface area contributed by atoms with Crippen LogP contribution in [0.4, 0.5) is 0 Å². The fourth-order valence-corrected chi connectivity index (χ4v) is 1.33. The third-order valence-electron chi connectivity index (χ3n) is 2.39. The van der Waals surface area contributed by atoms with Crippen molar-refractivity contribution >= 4 is 5.97 Å². The number of methoxy groups -OCH3 is 2. The molecule has 0 aromatic carbocycles. The largest absolute Gasteiger partial charge is 0.468 e. The third kappa shape index (κ3) is 9.35. The number of likely N-dealkylation sites (N-methyl/N-ethyl adjacent to an activating group) is 1. The van der Waals surface area contributed by atoms with Crippen LogP contribution in [0.25, 0.3) is 0 Å². The van der Waals surface area contributed by atoms with Crippen LogP contribution in [0, 0.1) is 0 Å². The lowest BCUT2D eigenvalue weighted by Crippen LogP contribution is -2.36. The van der Waals surface area contributed by atoms with Gasteiger partial charge in [0.1, 0.15) is 6.04 Å². The Kier molecular flexibility index (Phi) is 12.3. The fraction of sp³-hybridized carbons (Fsp3) is 0.917. The van der Waals surface area contributed by atoms with Crippen LogP contribution in [-0.4, -0.2) is 66.3 Å². The van der Waals surface area contributed by atoms with Crippen LogP contribution >= 0.6 is 0 Å². The van der Waals surface area contributed by atoms with Crippen molar-refractivity contribution in [1.82, 2.24) is 5.32 Å². The molecule has 108 valence electrons. The molecule has 0 saturated carbocycles. The van der Waals surface area contributed by atoms with Crippen LogP contribution < -0.4 is 5.32 Å². The van der Waals surface area contributed by atoms with Crippen LogP contribution in [0.5, 0.6) is 0 Å². The summed E-state index contributed by atoms with van der Waals surface area (Å²) in [5, 5.41) is 2.88. The van der Waals surface area contributed by atoms with E-state index in [9.17, 15) is 4.79 Å². The normalized spacial score (nSPS) is 12.4. The first-order valence-electron chi connectivity index (χ1n) is 6.15. The molecule has 0 aliphatic carbocycles. The highest BCUT2D eigenvalue weighted by atomic mass is 16.5. The third-order valence-corrected chi connectivity index (χ3v) is 2.39. The number of hydrogen-bond acceptors (Lipinski definition) is 6. The van der Waals surface area contributed by atoms with E-state index in [1.807, 2.05) is 0 Å². The summed E-state index contributed by atoms with van der Waals surface area (Å²) in [5.41, 5.74) is 0. The molecule has 1 unspecified atom stereocenters. The van der Waals surface area contributed by atoms with Crippen molar-refractivity contribution in [1.29, 1.82) is 0 Å². The van der Waals surface area contributed by atoms with E-state index >= 15 is 0 Å². The van der Waals surface area contributed by atoms with Crippen molar-refractivity contribution in [3.8, 4) is 0 Å². The topological polar surface area (TPSA) is 66.0 Å². The summed E-state index contributed by atoms with van der Waals surface area (Å²) < 4.78 is 20.2. The van der Waals surface area contributed by atoms with Gasteiger partial charge in [0.05, 0.1) is 20.3 Å². The Morgan fingerprint density at radius 2 is 1.72 bits per heavy atom. The predicted molar refractivity (Wildman–Crippen MR) is 67.6 cm³/mol. The van der Waals surface area contributed by atoms with Crippen LogP contribution in [0.2, 0.25) is 0 Å². The van der Waals surface area contributed by atoms with Gasteiger partial charge < -0.3 is 24.3 Å². The second-order valence-corrected chi connectivity index (χ2v) is 3.72. The molecule has 6 heteroatoms. The maximum atomic E-state index is 11.2. The zero-order chi connectivity index (χ0) is 13.6. The molecule has 0 aliphatic heterocycles. The molecular formula is C12H25NO5. The van der Waals surface area contributed by atoms with Gasteiger partial charge >= 0.3 is 5.97 Å². The molecule has 0 amide bonds. The van der Waals surface area contributed by atoms with E-state index in [4.69, 9.17) is 14.2 Å². The molecule has 6 nitrogen and oxygen atoms in total. The summed E-state index contributed by atoms with van der Waals surface area (Å²) in [6, 6.07) is -0.298. The quantitative estimate of drug-likeness (QED) is 0.401. The number of ether oxygens (including phenoxy) is 4. The van der Waals surface area contributed by atoms with Gasteiger partial charge in [-0.15, -0.1) is 0 Å². The summed E-state index contributed by atoms with van der Waals surface area (Å²) in [6.07, 6.45) is 1.44. The van der Waals surface area contributed by atoms with E-state index in [0.29, 0.717) is 39.5 Å². The lowest BCUT2D eigenvalue weighted by molar-refractivity contribution is -0.143. The van der Waals surface area contributed by atoms with Gasteiger partial charge in [0.2, 0.25) is 0 Å². The highest BCUT2D eigenvalue weighted by Crippen LogP contribution is 1.96. The van der Waals surface area contributed by atoms with Gasteiger partial charge in [-0.25, -0.2) is 0 Å². The smallest absolute Gasteiger partial charge is 0.322 e. The minimum Gasteiger partial charge on any atom is -0.468 e. The monoisotopic (exact) mass is 263 g/mol. The SMILES string of the molecule is CNC(CCOCCCOCCOC)C(=O)OC. The second-order valence-electron chi connectivity index (χ2n) is 3.72. The van der Waals surface area contributed by atoms with Crippen LogP contribution in [0.3, 0.4) is 0 Å². The molecule has 0 saturated heterocycles. The number of hydrogen-bond donors (Lipinski definition) is 1. The first-order chi connectivity index (χ1) is 8.76. The molecule has 0 aromatic heterocycles. The lowest BCUT2D eigenvalue weighted by Gasteiger charge is -2.13. The second kappa shape index (κ2) is 12.8. The molecular weight excluding hydrogens is 238 g/mol. The fourth-order valence-electron chi connectivity index (χ4n) is 1.33. The summed E-state index contributed by atoms with van der Waals surface area (Å²) in [5.74, 6) is -0.260. The molecule has 1 atom stereocenters. The first kappa shape index (κ1) is 17.3. The van der Waals surface area contributed by atoms with Crippen molar-refractivity contribution in [2.24, 2.45) is 0 Å². The van der Waals surface area contributed by atoms with Gasteiger partial charge in [-0.3, -0.25) is 4.79 Å². The summed E-state index contributed by atoms with van der Waals surface area (Å²) >= 11 is 0. The van der Waals surface area contributed by atoms with Gasteiger partial charge in [0.15, 0.2) is 0 Å². The average molecular weight is 263 g/mol. The first-order valence-corrected chi connectivity index (χ1v) is 6.15.